The second kappa shape index (κ2) is 5.88. The molecule has 0 saturated heterocycles. The highest BCUT2D eigenvalue weighted by atomic mass is 35.5. The lowest BCUT2D eigenvalue weighted by atomic mass is 10.5. The van der Waals surface area contributed by atoms with Crippen molar-refractivity contribution in [3.05, 3.63) is 18.0 Å². The van der Waals surface area contributed by atoms with Gasteiger partial charge in [-0.2, -0.15) is 5.10 Å². The van der Waals surface area contributed by atoms with Crippen LogP contribution in [-0.4, -0.2) is 10.2 Å². The first-order valence-corrected chi connectivity index (χ1v) is 2.12. The Bertz CT molecular complexity index is 128. The number of nitrogens with zero attached hydrogens (tertiary/aromatic N) is 1. The summed E-state index contributed by atoms with van der Waals surface area (Å²) in [6.07, 6.45) is 1.68. The Balaban J connectivity index is 0. The standard InChI is InChI=1S/C4H7N3.2ClH/c5-3-4-1-2-6-7-4;;/h1-2H,3,5H2,(H,6,7);2*1H. The molecule has 0 fully saturated rings. The number of hydrogen-bond donors (Lipinski definition) is 2. The van der Waals surface area contributed by atoms with E-state index in [0.717, 1.165) is 5.69 Å². The van der Waals surface area contributed by atoms with E-state index in [4.69, 9.17) is 5.73 Å². The molecule has 5 heteroatoms. The number of H-pyrrole nitrogens is 1. The summed E-state index contributed by atoms with van der Waals surface area (Å²) in [4.78, 5) is 0. The first-order chi connectivity index (χ1) is 3.43. The molecule has 0 aliphatic rings. The molecule has 0 aliphatic carbocycles. The van der Waals surface area contributed by atoms with Crippen LogP contribution < -0.4 is 5.73 Å². The Morgan fingerprint density at radius 2 is 2.22 bits per heavy atom. The van der Waals surface area contributed by atoms with E-state index in [1.807, 2.05) is 6.07 Å². The molecule has 1 aromatic heterocycles. The van der Waals surface area contributed by atoms with Crippen LogP contribution in [0.5, 0.6) is 0 Å². The van der Waals surface area contributed by atoms with Gasteiger partial charge >= 0.3 is 0 Å². The molecular weight excluding hydrogens is 161 g/mol. The fourth-order valence-corrected chi connectivity index (χ4v) is 0.398. The van der Waals surface area contributed by atoms with E-state index < -0.39 is 0 Å². The van der Waals surface area contributed by atoms with Crippen molar-refractivity contribution in [2.45, 2.75) is 6.54 Å². The quantitative estimate of drug-likeness (QED) is 0.652. The second-order valence-electron chi connectivity index (χ2n) is 1.29. The number of aromatic nitrogens is 2. The summed E-state index contributed by atoms with van der Waals surface area (Å²) in [5.74, 6) is 0. The normalized spacial score (nSPS) is 7.22. The minimum atomic E-state index is 0. The van der Waals surface area contributed by atoms with E-state index in [2.05, 4.69) is 10.2 Å². The van der Waals surface area contributed by atoms with E-state index in [-0.39, 0.29) is 24.8 Å². The molecule has 1 heterocycles. The topological polar surface area (TPSA) is 54.7 Å². The Hall–Kier alpha value is -0.250. The van der Waals surface area contributed by atoms with Crippen molar-refractivity contribution in [1.82, 2.24) is 10.2 Å². The number of nitrogens with two attached hydrogens (primary N) is 1. The fourth-order valence-electron chi connectivity index (χ4n) is 0.398. The first kappa shape index (κ1) is 11.5. The van der Waals surface area contributed by atoms with Crippen LogP contribution in [0.4, 0.5) is 0 Å². The zero-order valence-electron chi connectivity index (χ0n) is 4.70. The van der Waals surface area contributed by atoms with Crippen LogP contribution in [0.15, 0.2) is 12.3 Å². The second-order valence-corrected chi connectivity index (χ2v) is 1.29. The highest BCUT2D eigenvalue weighted by Crippen LogP contribution is 1.84. The molecular formula is C4H9Cl2N3. The highest BCUT2D eigenvalue weighted by Gasteiger charge is 1.82. The molecule has 0 saturated carbocycles. The lowest BCUT2D eigenvalue weighted by molar-refractivity contribution is 0.947. The average Bonchev–Trinajstić information content (AvgIpc) is 2.14. The van der Waals surface area contributed by atoms with Gasteiger partial charge in [0, 0.05) is 18.4 Å². The lowest BCUT2D eigenvalue weighted by Gasteiger charge is -1.80. The lowest BCUT2D eigenvalue weighted by Crippen LogP contribution is -1.95. The number of aromatic amines is 1. The minimum absolute atomic E-state index is 0. The molecule has 0 aromatic carbocycles. The van der Waals surface area contributed by atoms with Gasteiger partial charge in [-0.05, 0) is 6.07 Å². The van der Waals surface area contributed by atoms with E-state index in [1.54, 1.807) is 6.20 Å². The van der Waals surface area contributed by atoms with E-state index >= 15 is 0 Å². The highest BCUT2D eigenvalue weighted by molar-refractivity contribution is 5.85. The van der Waals surface area contributed by atoms with Gasteiger partial charge in [-0.3, -0.25) is 5.10 Å². The van der Waals surface area contributed by atoms with Crippen molar-refractivity contribution in [3.63, 3.8) is 0 Å². The molecule has 9 heavy (non-hydrogen) atoms. The molecule has 3 N–H and O–H groups in total. The third kappa shape index (κ3) is 3.35. The summed E-state index contributed by atoms with van der Waals surface area (Å²) in [6.45, 7) is 0.542. The zero-order valence-corrected chi connectivity index (χ0v) is 6.34. The largest absolute Gasteiger partial charge is 0.325 e. The van der Waals surface area contributed by atoms with E-state index in [9.17, 15) is 0 Å². The van der Waals surface area contributed by atoms with Crippen LogP contribution in [0.3, 0.4) is 0 Å². The van der Waals surface area contributed by atoms with Gasteiger partial charge < -0.3 is 5.73 Å². The average molecular weight is 170 g/mol. The summed E-state index contributed by atoms with van der Waals surface area (Å²) in [7, 11) is 0. The van der Waals surface area contributed by atoms with Gasteiger partial charge in [-0.25, -0.2) is 0 Å². The predicted molar refractivity (Wildman–Crippen MR) is 41.0 cm³/mol. The van der Waals surface area contributed by atoms with Gasteiger partial charge in [-0.15, -0.1) is 24.8 Å². The van der Waals surface area contributed by atoms with Crippen LogP contribution in [0.25, 0.3) is 0 Å². The summed E-state index contributed by atoms with van der Waals surface area (Å²) in [5.41, 5.74) is 6.20. The first-order valence-electron chi connectivity index (χ1n) is 2.12. The minimum Gasteiger partial charge on any atom is -0.325 e. The smallest absolute Gasteiger partial charge is 0.0490 e. The van der Waals surface area contributed by atoms with E-state index in [1.165, 1.54) is 0 Å². The number of halogens is 2. The van der Waals surface area contributed by atoms with Crippen LogP contribution in [0.1, 0.15) is 5.69 Å². The van der Waals surface area contributed by atoms with Gasteiger partial charge in [0.2, 0.25) is 0 Å². The maximum absolute atomic E-state index is 5.22. The van der Waals surface area contributed by atoms with Gasteiger partial charge in [-0.1, -0.05) is 0 Å². The summed E-state index contributed by atoms with van der Waals surface area (Å²) >= 11 is 0. The van der Waals surface area contributed by atoms with Gasteiger partial charge in [0.25, 0.3) is 0 Å². The Morgan fingerprint density at radius 3 is 2.44 bits per heavy atom. The summed E-state index contributed by atoms with van der Waals surface area (Å²) in [5, 5.41) is 6.40. The fraction of sp³-hybridized carbons (Fsp3) is 0.250. The van der Waals surface area contributed by atoms with Crippen molar-refractivity contribution in [2.75, 3.05) is 0 Å². The van der Waals surface area contributed by atoms with Crippen molar-refractivity contribution in [1.29, 1.82) is 0 Å². The number of nitrogens with one attached hydrogen (secondary N) is 1. The van der Waals surface area contributed by atoms with Gasteiger partial charge in [0.1, 0.15) is 0 Å². The molecule has 54 valence electrons. The molecule has 0 atom stereocenters. The molecule has 1 aromatic rings. The molecule has 0 spiro atoms. The summed E-state index contributed by atoms with van der Waals surface area (Å²) in [6, 6.07) is 1.85. The monoisotopic (exact) mass is 169 g/mol. The molecule has 0 bridgehead atoms. The number of hydrogen-bond acceptors (Lipinski definition) is 2. The van der Waals surface area contributed by atoms with Crippen LogP contribution >= 0.6 is 24.8 Å². The number of rotatable bonds is 1. The Morgan fingerprint density at radius 1 is 1.56 bits per heavy atom. The van der Waals surface area contributed by atoms with Crippen LogP contribution in [0.2, 0.25) is 0 Å². The summed E-state index contributed by atoms with van der Waals surface area (Å²) < 4.78 is 0. The molecule has 3 nitrogen and oxygen atoms in total. The van der Waals surface area contributed by atoms with Crippen LogP contribution in [-0.2, 0) is 6.54 Å². The SMILES string of the molecule is Cl.Cl.NCc1ccn[nH]1. The molecule has 0 aliphatic heterocycles. The third-order valence-electron chi connectivity index (χ3n) is 0.778. The molecule has 0 unspecified atom stereocenters. The van der Waals surface area contributed by atoms with Crippen molar-refractivity contribution in [3.8, 4) is 0 Å². The Labute approximate surface area is 65.8 Å². The molecule has 0 radical (unpaired) electrons. The third-order valence-corrected chi connectivity index (χ3v) is 0.778. The van der Waals surface area contributed by atoms with Gasteiger partial charge in [0.05, 0.1) is 0 Å². The van der Waals surface area contributed by atoms with Gasteiger partial charge in [0.15, 0.2) is 0 Å². The van der Waals surface area contributed by atoms with E-state index in [0.29, 0.717) is 6.54 Å². The maximum Gasteiger partial charge on any atom is 0.0490 e. The predicted octanol–water partition coefficient (Wildman–Crippen LogP) is 0.712. The maximum atomic E-state index is 5.22. The zero-order chi connectivity index (χ0) is 5.11. The molecule has 1 rings (SSSR count). The van der Waals surface area contributed by atoms with Crippen molar-refractivity contribution in [2.24, 2.45) is 5.73 Å². The van der Waals surface area contributed by atoms with Crippen molar-refractivity contribution >= 4 is 24.8 Å². The van der Waals surface area contributed by atoms with Crippen LogP contribution in [0, 0.1) is 0 Å². The van der Waals surface area contributed by atoms with Crippen molar-refractivity contribution < 1.29 is 0 Å². The Kier molecular flexibility index (Phi) is 7.53. The molecule has 0 amide bonds.